The summed E-state index contributed by atoms with van der Waals surface area (Å²) in [6, 6.07) is 5.99. The Morgan fingerprint density at radius 1 is 1.23 bits per heavy atom. The molecule has 1 saturated heterocycles. The molecule has 1 aliphatic heterocycles. The van der Waals surface area contributed by atoms with Gasteiger partial charge in [-0.3, -0.25) is 4.79 Å². The Hall–Kier alpha value is -1.88. The maximum atomic E-state index is 12.8. The second-order valence-corrected chi connectivity index (χ2v) is 8.40. The maximum Gasteiger partial charge on any atom is 0.272 e. The van der Waals surface area contributed by atoms with Gasteiger partial charge in [0, 0.05) is 25.2 Å². The molecule has 3 heterocycles. The summed E-state index contributed by atoms with van der Waals surface area (Å²) in [4.78, 5) is 20.0. The predicted molar refractivity (Wildman–Crippen MR) is 104 cm³/mol. The van der Waals surface area contributed by atoms with Crippen molar-refractivity contribution in [2.24, 2.45) is 11.8 Å². The summed E-state index contributed by atoms with van der Waals surface area (Å²) in [6.07, 6.45) is 6.74. The van der Waals surface area contributed by atoms with Crippen LogP contribution in [0.4, 0.5) is 0 Å². The molecule has 1 N–H and O–H groups in total. The van der Waals surface area contributed by atoms with Gasteiger partial charge in [0.2, 0.25) is 0 Å². The van der Waals surface area contributed by atoms with Crippen molar-refractivity contribution in [1.29, 1.82) is 0 Å². The Morgan fingerprint density at radius 2 is 2.00 bits per heavy atom. The van der Waals surface area contributed by atoms with E-state index in [2.05, 4.69) is 28.5 Å². The molecule has 26 heavy (non-hydrogen) atoms. The molecule has 2 aromatic rings. The molecule has 5 nitrogen and oxygen atoms in total. The SMILES string of the molecule is CC(C)CN1CCC(CNC(=O)c2nc(C3CC3)n3ccccc23)CC1. The summed E-state index contributed by atoms with van der Waals surface area (Å²) in [7, 11) is 0. The number of amides is 1. The third-order valence-corrected chi connectivity index (χ3v) is 5.62. The largest absolute Gasteiger partial charge is 0.350 e. The average molecular weight is 354 g/mol. The molecule has 0 unspecified atom stereocenters. The van der Waals surface area contributed by atoms with Crippen LogP contribution in [0.15, 0.2) is 24.4 Å². The molecule has 0 bridgehead atoms. The number of imidazole rings is 1. The summed E-state index contributed by atoms with van der Waals surface area (Å²) in [5, 5.41) is 3.16. The number of carbonyl (C=O) groups is 1. The van der Waals surface area contributed by atoms with E-state index >= 15 is 0 Å². The lowest BCUT2D eigenvalue weighted by Gasteiger charge is -2.32. The molecule has 0 spiro atoms. The first kappa shape index (κ1) is 17.5. The maximum absolute atomic E-state index is 12.8. The number of hydrogen-bond acceptors (Lipinski definition) is 3. The third-order valence-electron chi connectivity index (χ3n) is 5.62. The first-order valence-corrected chi connectivity index (χ1v) is 10.1. The van der Waals surface area contributed by atoms with E-state index in [9.17, 15) is 4.79 Å². The van der Waals surface area contributed by atoms with Crippen molar-refractivity contribution in [3.05, 3.63) is 35.9 Å². The monoisotopic (exact) mass is 354 g/mol. The zero-order valence-electron chi connectivity index (χ0n) is 15.9. The smallest absolute Gasteiger partial charge is 0.272 e. The van der Waals surface area contributed by atoms with Crippen molar-refractivity contribution in [2.75, 3.05) is 26.2 Å². The number of pyridine rings is 1. The molecular weight excluding hydrogens is 324 g/mol. The molecule has 1 aliphatic carbocycles. The second-order valence-electron chi connectivity index (χ2n) is 8.40. The number of fused-ring (bicyclic) bond motifs is 1. The number of piperidine rings is 1. The van der Waals surface area contributed by atoms with Crippen LogP contribution in [0.1, 0.15) is 61.8 Å². The average Bonchev–Trinajstić information content (AvgIpc) is 3.41. The fraction of sp³-hybridized carbons (Fsp3) is 0.619. The van der Waals surface area contributed by atoms with Crippen molar-refractivity contribution in [2.45, 2.75) is 45.4 Å². The van der Waals surface area contributed by atoms with Gasteiger partial charge in [-0.15, -0.1) is 0 Å². The van der Waals surface area contributed by atoms with Crippen LogP contribution in [0.5, 0.6) is 0 Å². The van der Waals surface area contributed by atoms with E-state index in [0.717, 1.165) is 36.9 Å². The molecule has 2 fully saturated rings. The van der Waals surface area contributed by atoms with Gasteiger partial charge >= 0.3 is 0 Å². The van der Waals surface area contributed by atoms with E-state index < -0.39 is 0 Å². The molecule has 4 rings (SSSR count). The number of likely N-dealkylation sites (tertiary alicyclic amines) is 1. The Labute approximate surface area is 155 Å². The van der Waals surface area contributed by atoms with Gasteiger partial charge in [0.25, 0.3) is 5.91 Å². The van der Waals surface area contributed by atoms with Gasteiger partial charge in [-0.1, -0.05) is 19.9 Å². The van der Waals surface area contributed by atoms with Gasteiger partial charge in [0.1, 0.15) is 5.82 Å². The lowest BCUT2D eigenvalue weighted by atomic mass is 9.96. The minimum Gasteiger partial charge on any atom is -0.350 e. The van der Waals surface area contributed by atoms with Crippen molar-refractivity contribution >= 4 is 11.4 Å². The Balaban J connectivity index is 1.37. The molecule has 1 saturated carbocycles. The van der Waals surface area contributed by atoms with E-state index in [1.165, 1.54) is 32.2 Å². The van der Waals surface area contributed by atoms with Gasteiger partial charge in [0.15, 0.2) is 5.69 Å². The Kier molecular flexibility index (Phi) is 4.98. The molecule has 0 radical (unpaired) electrons. The fourth-order valence-electron chi connectivity index (χ4n) is 4.07. The van der Waals surface area contributed by atoms with Crippen LogP contribution in [-0.2, 0) is 0 Å². The molecular formula is C21H30N4O. The van der Waals surface area contributed by atoms with Crippen molar-refractivity contribution in [3.63, 3.8) is 0 Å². The fourth-order valence-corrected chi connectivity index (χ4v) is 4.07. The van der Waals surface area contributed by atoms with E-state index in [1.54, 1.807) is 0 Å². The normalized spacial score (nSPS) is 19.3. The predicted octanol–water partition coefficient (Wildman–Crippen LogP) is 3.31. The minimum atomic E-state index is -0.0230. The number of nitrogens with one attached hydrogen (secondary N) is 1. The van der Waals surface area contributed by atoms with E-state index in [4.69, 9.17) is 4.98 Å². The molecule has 140 valence electrons. The lowest BCUT2D eigenvalue weighted by Crippen LogP contribution is -2.40. The van der Waals surface area contributed by atoms with Crippen LogP contribution in [0, 0.1) is 11.8 Å². The molecule has 2 aromatic heterocycles. The Morgan fingerprint density at radius 3 is 2.69 bits per heavy atom. The zero-order chi connectivity index (χ0) is 18.1. The highest BCUT2D eigenvalue weighted by molar-refractivity contribution is 5.99. The summed E-state index contributed by atoms with van der Waals surface area (Å²) < 4.78 is 2.09. The van der Waals surface area contributed by atoms with E-state index in [0.29, 0.717) is 17.5 Å². The van der Waals surface area contributed by atoms with Crippen LogP contribution in [0.3, 0.4) is 0 Å². The van der Waals surface area contributed by atoms with Crippen molar-refractivity contribution in [1.82, 2.24) is 19.6 Å². The van der Waals surface area contributed by atoms with E-state index in [-0.39, 0.29) is 5.91 Å². The van der Waals surface area contributed by atoms with Crippen molar-refractivity contribution < 1.29 is 4.79 Å². The molecule has 0 atom stereocenters. The van der Waals surface area contributed by atoms with Gasteiger partial charge < -0.3 is 14.6 Å². The number of nitrogens with zero attached hydrogens (tertiary/aromatic N) is 3. The van der Waals surface area contributed by atoms with Gasteiger partial charge in [-0.2, -0.15) is 0 Å². The number of rotatable bonds is 6. The number of aromatic nitrogens is 2. The first-order chi connectivity index (χ1) is 12.6. The molecule has 2 aliphatic rings. The van der Waals surface area contributed by atoms with Crippen LogP contribution >= 0.6 is 0 Å². The van der Waals surface area contributed by atoms with Crippen LogP contribution < -0.4 is 5.32 Å². The third kappa shape index (κ3) is 3.78. The first-order valence-electron chi connectivity index (χ1n) is 10.1. The zero-order valence-corrected chi connectivity index (χ0v) is 15.9. The highest BCUT2D eigenvalue weighted by Crippen LogP contribution is 2.40. The summed E-state index contributed by atoms with van der Waals surface area (Å²) >= 11 is 0. The second kappa shape index (κ2) is 7.39. The summed E-state index contributed by atoms with van der Waals surface area (Å²) in [5.74, 6) is 2.86. The number of carbonyl (C=O) groups excluding carboxylic acids is 1. The quantitative estimate of drug-likeness (QED) is 0.866. The number of hydrogen-bond donors (Lipinski definition) is 1. The van der Waals surface area contributed by atoms with Crippen molar-refractivity contribution in [3.8, 4) is 0 Å². The standard InChI is InChI=1S/C21H30N4O/c1-15(2)14-24-11-8-16(9-12-24)13-22-21(26)19-18-5-3-4-10-25(18)20(23-19)17-6-7-17/h3-5,10,15-17H,6-9,11-14H2,1-2H3,(H,22,26). The summed E-state index contributed by atoms with van der Waals surface area (Å²) in [6.45, 7) is 8.80. The highest BCUT2D eigenvalue weighted by Gasteiger charge is 2.30. The molecule has 5 heteroatoms. The van der Waals surface area contributed by atoms with Crippen LogP contribution in [-0.4, -0.2) is 46.4 Å². The summed E-state index contributed by atoms with van der Waals surface area (Å²) in [5.41, 5.74) is 1.52. The van der Waals surface area contributed by atoms with Gasteiger partial charge in [-0.05, 0) is 62.7 Å². The van der Waals surface area contributed by atoms with E-state index in [1.807, 2.05) is 24.4 Å². The Bertz CT molecular complexity index is 769. The molecule has 0 aromatic carbocycles. The van der Waals surface area contributed by atoms with Crippen LogP contribution in [0.2, 0.25) is 0 Å². The highest BCUT2D eigenvalue weighted by atomic mass is 16.1. The van der Waals surface area contributed by atoms with Crippen LogP contribution in [0.25, 0.3) is 5.52 Å². The minimum absolute atomic E-state index is 0.0230. The molecule has 1 amide bonds. The topological polar surface area (TPSA) is 49.6 Å². The van der Waals surface area contributed by atoms with Gasteiger partial charge in [-0.25, -0.2) is 4.98 Å². The van der Waals surface area contributed by atoms with Gasteiger partial charge in [0.05, 0.1) is 5.52 Å². The lowest BCUT2D eigenvalue weighted by molar-refractivity contribution is 0.0931.